The number of esters is 3. The van der Waals surface area contributed by atoms with Crippen LogP contribution in [0.1, 0.15) is 265 Å². The number of hydrogen-bond donors (Lipinski definition) is 2. The molecule has 0 rings (SSSR count). The second-order valence-corrected chi connectivity index (χ2v) is 22.3. The molecule has 0 spiro atoms. The fourth-order valence-electron chi connectivity index (χ4n) is 8.33. The summed E-state index contributed by atoms with van der Waals surface area (Å²) < 4.78 is 39.6. The smallest absolute Gasteiger partial charge is 0.462 e. The maximum absolute atomic E-state index is 13.0. The summed E-state index contributed by atoms with van der Waals surface area (Å²) in [7, 11) is -4.77. The van der Waals surface area contributed by atoms with Crippen molar-refractivity contribution in [2.24, 2.45) is 0 Å². The van der Waals surface area contributed by atoms with Gasteiger partial charge in [0.05, 0.1) is 19.8 Å². The van der Waals surface area contributed by atoms with E-state index in [9.17, 15) is 28.9 Å². The van der Waals surface area contributed by atoms with Crippen molar-refractivity contribution in [1.82, 2.24) is 0 Å². The van der Waals surface area contributed by atoms with Gasteiger partial charge in [-0.05, 0) is 128 Å². The molecule has 11 nitrogen and oxygen atoms in total. The zero-order chi connectivity index (χ0) is 58.3. The lowest BCUT2D eigenvalue weighted by atomic mass is 10.1. The minimum absolute atomic E-state index is 0.140. The van der Waals surface area contributed by atoms with Crippen molar-refractivity contribution in [2.75, 3.05) is 26.4 Å². The highest BCUT2D eigenvalue weighted by Crippen LogP contribution is 2.43. The Balaban J connectivity index is 4.81. The first-order valence-corrected chi connectivity index (χ1v) is 33.3. The zero-order valence-electron chi connectivity index (χ0n) is 50.8. The maximum atomic E-state index is 13.0. The molecule has 0 aliphatic carbocycles. The Hall–Kier alpha value is -3.86. The van der Waals surface area contributed by atoms with E-state index in [1.807, 2.05) is 0 Å². The first-order chi connectivity index (χ1) is 39.2. The first-order valence-electron chi connectivity index (χ1n) is 31.8. The van der Waals surface area contributed by atoms with Crippen LogP contribution >= 0.6 is 7.82 Å². The molecule has 3 unspecified atom stereocenters. The molecule has 0 bridgehead atoms. The van der Waals surface area contributed by atoms with Gasteiger partial charge in [-0.1, -0.05) is 226 Å². The minimum Gasteiger partial charge on any atom is -0.462 e. The summed E-state index contributed by atoms with van der Waals surface area (Å²) in [6, 6.07) is 0. The summed E-state index contributed by atoms with van der Waals surface area (Å²) in [6.45, 7) is 4.45. The van der Waals surface area contributed by atoms with Crippen LogP contribution in [-0.2, 0) is 42.2 Å². The highest BCUT2D eigenvalue weighted by molar-refractivity contribution is 7.47. The standard InChI is InChI=1S/C68H115O11P/c1-4-7-10-13-16-19-22-25-28-30-32-34-37-39-42-45-48-51-54-57-66(70)75-61-65(79-68(72)59-56-53-50-47-44-41-38-35-33-31-29-26-23-20-17-14-11-8-5-2)63-77-80(73,74)76-62-64(60-69)78-67(71)58-55-52-49-46-43-40-36-27-24-21-18-15-12-9-6-3/h7,10,16-17,19-20,25-29,32-36,39,42,64-65,69H,4-6,8-9,11-15,18,21-24,30-31,37-38,40-41,43-63H2,1-3H3,(H,73,74)/b10-7-,19-16-,20-17-,28-25-,29-26-,34-32-,35-33-,36-27-,42-39-. The van der Waals surface area contributed by atoms with Gasteiger partial charge >= 0.3 is 25.7 Å². The van der Waals surface area contributed by atoms with E-state index in [0.29, 0.717) is 19.3 Å². The van der Waals surface area contributed by atoms with Crippen LogP contribution in [0.15, 0.2) is 109 Å². The van der Waals surface area contributed by atoms with Crippen molar-refractivity contribution in [2.45, 2.75) is 277 Å². The molecule has 0 saturated heterocycles. The summed E-state index contributed by atoms with van der Waals surface area (Å²) in [5, 5.41) is 9.84. The van der Waals surface area contributed by atoms with E-state index in [2.05, 4.69) is 130 Å². The Bertz CT molecular complexity index is 1760. The van der Waals surface area contributed by atoms with Crippen LogP contribution in [0.25, 0.3) is 0 Å². The topological polar surface area (TPSA) is 155 Å². The van der Waals surface area contributed by atoms with Crippen molar-refractivity contribution in [3.05, 3.63) is 109 Å². The molecule has 0 amide bonds. The quantitative estimate of drug-likeness (QED) is 0.0197. The molecule has 458 valence electrons. The maximum Gasteiger partial charge on any atom is 0.472 e. The number of carbonyl (C=O) groups is 3. The summed E-state index contributed by atoms with van der Waals surface area (Å²) in [5.41, 5.74) is 0. The molecule has 0 aliphatic heterocycles. The number of phosphoric acid groups is 1. The molecular formula is C68H115O11P. The summed E-state index contributed by atoms with van der Waals surface area (Å²) in [4.78, 5) is 48.7. The van der Waals surface area contributed by atoms with Crippen molar-refractivity contribution in [1.29, 1.82) is 0 Å². The highest BCUT2D eigenvalue weighted by Gasteiger charge is 2.28. The summed E-state index contributed by atoms with van der Waals surface area (Å²) >= 11 is 0. The fraction of sp³-hybridized carbons (Fsp3) is 0.691. The molecule has 0 aliphatic rings. The Morgan fingerprint density at radius 2 is 0.650 bits per heavy atom. The molecule has 0 aromatic carbocycles. The molecule has 0 aromatic heterocycles. The second kappa shape index (κ2) is 61.2. The van der Waals surface area contributed by atoms with Gasteiger partial charge in [-0.3, -0.25) is 23.4 Å². The number of allylic oxidation sites excluding steroid dienone is 18. The average molecular weight is 1140 g/mol. The van der Waals surface area contributed by atoms with Gasteiger partial charge in [0.1, 0.15) is 12.7 Å². The van der Waals surface area contributed by atoms with Crippen LogP contribution in [0.4, 0.5) is 0 Å². The molecule has 0 saturated carbocycles. The largest absolute Gasteiger partial charge is 0.472 e. The van der Waals surface area contributed by atoms with E-state index in [1.54, 1.807) is 0 Å². The van der Waals surface area contributed by atoms with Gasteiger partial charge in [0.25, 0.3) is 0 Å². The average Bonchev–Trinajstić information content (AvgIpc) is 3.45. The van der Waals surface area contributed by atoms with Gasteiger partial charge in [-0.15, -0.1) is 0 Å². The predicted molar refractivity (Wildman–Crippen MR) is 334 cm³/mol. The number of aliphatic hydroxyl groups is 1. The van der Waals surface area contributed by atoms with Crippen molar-refractivity contribution in [3.63, 3.8) is 0 Å². The molecule has 12 heteroatoms. The lowest BCUT2D eigenvalue weighted by Crippen LogP contribution is -2.30. The molecule has 3 atom stereocenters. The Morgan fingerprint density at radius 3 is 1.05 bits per heavy atom. The third kappa shape index (κ3) is 58.8. The monoisotopic (exact) mass is 1140 g/mol. The summed E-state index contributed by atoms with van der Waals surface area (Å²) in [6.07, 6.45) is 74.6. The molecular weight excluding hydrogens is 1020 g/mol. The number of carbonyl (C=O) groups excluding carboxylic acids is 3. The van der Waals surface area contributed by atoms with E-state index >= 15 is 0 Å². The van der Waals surface area contributed by atoms with E-state index in [-0.39, 0.29) is 25.9 Å². The Labute approximate surface area is 488 Å². The fourth-order valence-corrected chi connectivity index (χ4v) is 9.11. The highest BCUT2D eigenvalue weighted by atomic mass is 31.2. The number of aliphatic hydroxyl groups excluding tert-OH is 1. The lowest BCUT2D eigenvalue weighted by Gasteiger charge is -2.21. The van der Waals surface area contributed by atoms with E-state index in [4.69, 9.17) is 23.3 Å². The molecule has 2 N–H and O–H groups in total. The second-order valence-electron chi connectivity index (χ2n) is 20.8. The van der Waals surface area contributed by atoms with Crippen molar-refractivity contribution < 1.29 is 52.2 Å². The normalized spacial score (nSPS) is 14.0. The predicted octanol–water partition coefficient (Wildman–Crippen LogP) is 19.4. The molecule has 0 fully saturated rings. The molecule has 0 aromatic rings. The number of phosphoric ester groups is 1. The third-order valence-corrected chi connectivity index (χ3v) is 14.1. The van der Waals surface area contributed by atoms with Crippen LogP contribution in [-0.4, -0.2) is 66.5 Å². The van der Waals surface area contributed by atoms with Gasteiger partial charge in [-0.2, -0.15) is 0 Å². The first kappa shape index (κ1) is 76.1. The van der Waals surface area contributed by atoms with Crippen molar-refractivity contribution in [3.8, 4) is 0 Å². The molecule has 80 heavy (non-hydrogen) atoms. The molecule has 0 heterocycles. The van der Waals surface area contributed by atoms with Gasteiger partial charge in [0.15, 0.2) is 6.10 Å². The van der Waals surface area contributed by atoms with Gasteiger partial charge < -0.3 is 24.2 Å². The van der Waals surface area contributed by atoms with Gasteiger partial charge in [0.2, 0.25) is 0 Å². The Kier molecular flexibility index (Phi) is 58.3. The van der Waals surface area contributed by atoms with Crippen LogP contribution < -0.4 is 0 Å². The number of hydrogen-bond acceptors (Lipinski definition) is 10. The van der Waals surface area contributed by atoms with E-state index in [1.165, 1.54) is 64.2 Å². The number of unbranched alkanes of at least 4 members (excludes halogenated alkanes) is 23. The van der Waals surface area contributed by atoms with Crippen LogP contribution in [0, 0.1) is 0 Å². The summed E-state index contributed by atoms with van der Waals surface area (Å²) in [5.74, 6) is -1.53. The number of rotatable bonds is 58. The van der Waals surface area contributed by atoms with Crippen LogP contribution in [0.5, 0.6) is 0 Å². The zero-order valence-corrected chi connectivity index (χ0v) is 51.7. The Morgan fingerprint density at radius 1 is 0.362 bits per heavy atom. The van der Waals surface area contributed by atoms with Crippen molar-refractivity contribution >= 4 is 25.7 Å². The SMILES string of the molecule is CC/C=C\C/C=C\C/C=C\C/C=C\C/C=C\CCCCCC(=O)OCC(COP(=O)(O)OCC(CO)OC(=O)CCCCCCC/C=C\CCCCCCCC)OC(=O)CCCCCCCC/C=C\C/C=C\C/C=C\CCCCC. The van der Waals surface area contributed by atoms with Gasteiger partial charge in [0, 0.05) is 19.3 Å². The van der Waals surface area contributed by atoms with E-state index < -0.39 is 57.8 Å². The lowest BCUT2D eigenvalue weighted by molar-refractivity contribution is -0.161. The van der Waals surface area contributed by atoms with E-state index in [0.717, 1.165) is 141 Å². The number of ether oxygens (including phenoxy) is 3. The van der Waals surface area contributed by atoms with Crippen LogP contribution in [0.3, 0.4) is 0 Å². The van der Waals surface area contributed by atoms with Gasteiger partial charge in [-0.25, -0.2) is 4.57 Å². The minimum atomic E-state index is -4.77. The third-order valence-electron chi connectivity index (χ3n) is 13.1. The van der Waals surface area contributed by atoms with Crippen LogP contribution in [0.2, 0.25) is 0 Å². The molecule has 0 radical (unpaired) electrons.